The van der Waals surface area contributed by atoms with Gasteiger partial charge in [0.2, 0.25) is 0 Å². The van der Waals surface area contributed by atoms with Crippen LogP contribution in [0.25, 0.3) is 0 Å². The average Bonchev–Trinajstić information content (AvgIpc) is 2.82. The minimum Gasteiger partial charge on any atom is -0.487 e. The quantitative estimate of drug-likeness (QED) is 0.832. The molecule has 0 spiro atoms. The predicted octanol–water partition coefficient (Wildman–Crippen LogP) is 2.79. The van der Waals surface area contributed by atoms with Crippen LogP contribution in [-0.4, -0.2) is 6.10 Å². The molecule has 0 aliphatic carbocycles. The van der Waals surface area contributed by atoms with Gasteiger partial charge < -0.3 is 4.74 Å². The lowest BCUT2D eigenvalue weighted by Gasteiger charge is -2.21. The maximum absolute atomic E-state index is 9.11. The second kappa shape index (κ2) is 5.13. The molecule has 0 unspecified atom stereocenters. The Morgan fingerprint density at radius 1 is 1.47 bits per heavy atom. The molecule has 5 heteroatoms. The van der Waals surface area contributed by atoms with Gasteiger partial charge in [-0.05, 0) is 37.9 Å². The van der Waals surface area contributed by atoms with Crippen molar-refractivity contribution >= 4 is 17.6 Å². The number of rotatable bonds is 3. The molecule has 0 amide bonds. The molecule has 0 aromatic heterocycles. The van der Waals surface area contributed by atoms with Gasteiger partial charge in [0.15, 0.2) is 5.75 Å². The molecule has 88 valence electrons. The number of hydrogen-bond donors (Lipinski definition) is 1. The van der Waals surface area contributed by atoms with E-state index in [0.717, 1.165) is 5.69 Å². The fourth-order valence-electron chi connectivity index (χ4n) is 1.50. The van der Waals surface area contributed by atoms with Crippen molar-refractivity contribution in [1.82, 2.24) is 4.83 Å². The van der Waals surface area contributed by atoms with Crippen LogP contribution in [0.1, 0.15) is 19.4 Å². The predicted molar refractivity (Wildman–Crippen MR) is 69.3 cm³/mol. The van der Waals surface area contributed by atoms with E-state index in [1.54, 1.807) is 6.07 Å². The molecule has 1 aliphatic heterocycles. The van der Waals surface area contributed by atoms with Crippen molar-refractivity contribution in [2.75, 3.05) is 5.01 Å². The first-order valence-corrected chi connectivity index (χ1v) is 6.17. The molecular weight excluding hydrogens is 234 g/mol. The van der Waals surface area contributed by atoms with Gasteiger partial charge >= 0.3 is 0 Å². The summed E-state index contributed by atoms with van der Waals surface area (Å²) in [6, 6.07) is 7.68. The lowest BCUT2D eigenvalue weighted by Crippen LogP contribution is -2.24. The lowest BCUT2D eigenvalue weighted by molar-refractivity contribution is 0.242. The van der Waals surface area contributed by atoms with Gasteiger partial charge in [-0.1, -0.05) is 6.07 Å². The summed E-state index contributed by atoms with van der Waals surface area (Å²) in [7, 11) is 0. The van der Waals surface area contributed by atoms with E-state index in [1.807, 2.05) is 42.6 Å². The molecule has 0 atom stereocenters. The van der Waals surface area contributed by atoms with Crippen LogP contribution < -0.4 is 14.6 Å². The summed E-state index contributed by atoms with van der Waals surface area (Å²) in [5.41, 5.74) is 1.39. The summed E-state index contributed by atoms with van der Waals surface area (Å²) in [5.74, 6) is 0.615. The van der Waals surface area contributed by atoms with Crippen LogP contribution in [0.3, 0.4) is 0 Å². The fraction of sp³-hybridized carbons (Fsp3) is 0.250. The van der Waals surface area contributed by atoms with Gasteiger partial charge in [-0.15, -0.1) is 0 Å². The smallest absolute Gasteiger partial charge is 0.162 e. The third-order valence-corrected chi connectivity index (χ3v) is 2.72. The molecule has 2 rings (SSSR count). The molecule has 0 bridgehead atoms. The van der Waals surface area contributed by atoms with Crippen LogP contribution in [0.2, 0.25) is 0 Å². The number of para-hydroxylation sites is 1. The van der Waals surface area contributed by atoms with E-state index in [0.29, 0.717) is 11.3 Å². The van der Waals surface area contributed by atoms with Gasteiger partial charge in [-0.2, -0.15) is 10.1 Å². The number of hydrazine groups is 1. The van der Waals surface area contributed by atoms with Crippen LogP contribution in [0.5, 0.6) is 5.75 Å². The summed E-state index contributed by atoms with van der Waals surface area (Å²) in [6.07, 6.45) is 1.93. The van der Waals surface area contributed by atoms with Gasteiger partial charge in [0.25, 0.3) is 0 Å². The third kappa shape index (κ3) is 2.54. The van der Waals surface area contributed by atoms with Crippen molar-refractivity contribution in [2.45, 2.75) is 20.0 Å². The number of nitriles is 1. The first-order valence-electron chi connectivity index (χ1n) is 5.29. The number of hydrogen-bond acceptors (Lipinski definition) is 5. The molecule has 1 heterocycles. The zero-order valence-electron chi connectivity index (χ0n) is 9.68. The molecule has 4 nitrogen and oxygen atoms in total. The minimum absolute atomic E-state index is 0.0301. The van der Waals surface area contributed by atoms with E-state index in [2.05, 4.69) is 10.9 Å². The maximum atomic E-state index is 9.11. The molecule has 1 N–H and O–H groups in total. The number of ether oxygens (including phenoxy) is 1. The summed E-state index contributed by atoms with van der Waals surface area (Å²) in [5, 5.41) is 12.9. The van der Waals surface area contributed by atoms with Gasteiger partial charge in [-0.25, -0.2) is 0 Å². The highest BCUT2D eigenvalue weighted by molar-refractivity contribution is 8.00. The zero-order valence-corrected chi connectivity index (χ0v) is 10.5. The molecule has 0 radical (unpaired) electrons. The number of benzene rings is 1. The molecule has 17 heavy (non-hydrogen) atoms. The van der Waals surface area contributed by atoms with E-state index in [4.69, 9.17) is 10.00 Å². The van der Waals surface area contributed by atoms with Gasteiger partial charge in [-0.3, -0.25) is 5.01 Å². The van der Waals surface area contributed by atoms with Crippen molar-refractivity contribution in [3.8, 4) is 11.8 Å². The highest BCUT2D eigenvalue weighted by atomic mass is 32.2. The van der Waals surface area contributed by atoms with Crippen LogP contribution in [0.4, 0.5) is 5.69 Å². The summed E-state index contributed by atoms with van der Waals surface area (Å²) >= 11 is 1.47. The van der Waals surface area contributed by atoms with E-state index in [-0.39, 0.29) is 6.10 Å². The first-order chi connectivity index (χ1) is 8.22. The molecule has 0 saturated carbocycles. The number of anilines is 1. The molecule has 1 aromatic carbocycles. The molecular formula is C12H13N3OS. The Balaban J connectivity index is 2.43. The van der Waals surface area contributed by atoms with Gasteiger partial charge in [0.1, 0.15) is 11.8 Å². The van der Waals surface area contributed by atoms with Crippen molar-refractivity contribution < 1.29 is 4.74 Å². The topological polar surface area (TPSA) is 48.3 Å². The van der Waals surface area contributed by atoms with E-state index in [9.17, 15) is 0 Å². The lowest BCUT2D eigenvalue weighted by atomic mass is 10.2. The fourth-order valence-corrected chi connectivity index (χ4v) is 2.02. The van der Waals surface area contributed by atoms with Crippen LogP contribution in [-0.2, 0) is 0 Å². The molecule has 0 fully saturated rings. The SMILES string of the molecule is CC(C)Oc1c(C#N)cccc1N1C=CSN1. The molecule has 1 aliphatic rings. The second-order valence-electron chi connectivity index (χ2n) is 3.80. The van der Waals surface area contributed by atoms with E-state index < -0.39 is 0 Å². The minimum atomic E-state index is 0.0301. The van der Waals surface area contributed by atoms with E-state index in [1.165, 1.54) is 11.9 Å². The Labute approximate surface area is 105 Å². The Bertz CT molecular complexity index is 479. The number of nitrogens with zero attached hydrogens (tertiary/aromatic N) is 2. The van der Waals surface area contributed by atoms with Crippen LogP contribution in [0.15, 0.2) is 29.8 Å². The Morgan fingerprint density at radius 2 is 2.29 bits per heavy atom. The molecule has 1 aromatic rings. The largest absolute Gasteiger partial charge is 0.487 e. The third-order valence-electron chi connectivity index (χ3n) is 2.16. The highest BCUT2D eigenvalue weighted by Gasteiger charge is 2.17. The van der Waals surface area contributed by atoms with E-state index >= 15 is 0 Å². The maximum Gasteiger partial charge on any atom is 0.162 e. The molecule has 0 saturated heterocycles. The van der Waals surface area contributed by atoms with Crippen LogP contribution >= 0.6 is 11.9 Å². The average molecular weight is 247 g/mol. The second-order valence-corrected chi connectivity index (χ2v) is 4.49. The Hall–Kier alpha value is -1.64. The monoisotopic (exact) mass is 247 g/mol. The Morgan fingerprint density at radius 3 is 2.88 bits per heavy atom. The number of nitrogens with one attached hydrogen (secondary N) is 1. The zero-order chi connectivity index (χ0) is 12.3. The summed E-state index contributed by atoms with van der Waals surface area (Å²) < 4.78 is 5.73. The van der Waals surface area contributed by atoms with Gasteiger partial charge in [0, 0.05) is 11.6 Å². The highest BCUT2D eigenvalue weighted by Crippen LogP contribution is 2.34. The van der Waals surface area contributed by atoms with Crippen molar-refractivity contribution in [2.24, 2.45) is 0 Å². The normalized spacial score (nSPS) is 14.1. The van der Waals surface area contributed by atoms with Crippen molar-refractivity contribution in [3.63, 3.8) is 0 Å². The summed E-state index contributed by atoms with van der Waals surface area (Å²) in [6.45, 7) is 3.89. The summed E-state index contributed by atoms with van der Waals surface area (Å²) in [4.78, 5) is 3.09. The van der Waals surface area contributed by atoms with Crippen molar-refractivity contribution in [1.29, 1.82) is 5.26 Å². The van der Waals surface area contributed by atoms with Gasteiger partial charge in [0.05, 0.1) is 11.7 Å². The standard InChI is InChI=1S/C12H13N3OS/c1-9(2)16-12-10(8-13)4-3-5-11(12)15-6-7-17-14-15/h3-7,9,14H,1-2H3. The van der Waals surface area contributed by atoms with Crippen LogP contribution in [0, 0.1) is 11.3 Å². The Kier molecular flexibility index (Phi) is 3.57. The first kappa shape index (κ1) is 11.8. The van der Waals surface area contributed by atoms with Crippen molar-refractivity contribution in [3.05, 3.63) is 35.4 Å².